The van der Waals surface area contributed by atoms with Crippen molar-refractivity contribution < 1.29 is 0 Å². The summed E-state index contributed by atoms with van der Waals surface area (Å²) in [5, 5.41) is 12.6. The summed E-state index contributed by atoms with van der Waals surface area (Å²) in [6.45, 7) is 17.3. The summed E-state index contributed by atoms with van der Waals surface area (Å²) >= 11 is 0. The van der Waals surface area contributed by atoms with Crippen molar-refractivity contribution in [2.75, 3.05) is 31.1 Å². The van der Waals surface area contributed by atoms with Gasteiger partial charge in [0.25, 0.3) is 0 Å². The quantitative estimate of drug-likeness (QED) is 0.774. The van der Waals surface area contributed by atoms with Gasteiger partial charge in [0, 0.05) is 31.9 Å². The Morgan fingerprint density at radius 3 is 2.22 bits per heavy atom. The van der Waals surface area contributed by atoms with Gasteiger partial charge in [-0.25, -0.2) is 4.68 Å². The normalized spacial score (nSPS) is 16.7. The molecule has 0 radical (unpaired) electrons. The van der Waals surface area contributed by atoms with Crippen molar-refractivity contribution in [3.8, 4) is 0 Å². The van der Waals surface area contributed by atoms with E-state index < -0.39 is 0 Å². The van der Waals surface area contributed by atoms with Gasteiger partial charge >= 0.3 is 0 Å². The third kappa shape index (κ3) is 4.61. The van der Waals surface area contributed by atoms with Crippen molar-refractivity contribution in [1.82, 2.24) is 25.1 Å². The van der Waals surface area contributed by atoms with Crippen LogP contribution >= 0.6 is 12.4 Å². The number of aryl methyl sites for hydroxylation is 2. The maximum Gasteiger partial charge on any atom is 0.168 e. The fourth-order valence-electron chi connectivity index (χ4n) is 3.95. The Morgan fingerprint density at radius 2 is 1.63 bits per heavy atom. The highest BCUT2D eigenvalue weighted by Gasteiger charge is 2.32. The molecule has 1 atom stereocenters. The number of hydrogen-bond donors (Lipinski definition) is 0. The van der Waals surface area contributed by atoms with Crippen molar-refractivity contribution in [1.29, 1.82) is 0 Å². The highest BCUT2D eigenvalue weighted by molar-refractivity contribution is 5.85. The molecule has 0 amide bonds. The number of aromatic nitrogens is 4. The molecule has 1 saturated heterocycles. The molecule has 2 heterocycles. The van der Waals surface area contributed by atoms with E-state index in [2.05, 4.69) is 85.1 Å². The third-order valence-electron chi connectivity index (χ3n) is 5.32. The van der Waals surface area contributed by atoms with Crippen LogP contribution in [-0.2, 0) is 0 Å². The predicted molar refractivity (Wildman–Crippen MR) is 113 cm³/mol. The van der Waals surface area contributed by atoms with Gasteiger partial charge < -0.3 is 4.90 Å². The van der Waals surface area contributed by atoms with Crippen LogP contribution < -0.4 is 4.90 Å². The van der Waals surface area contributed by atoms with Crippen LogP contribution in [0.15, 0.2) is 18.2 Å². The molecule has 0 bridgehead atoms. The first-order valence-electron chi connectivity index (χ1n) is 9.72. The standard InChI is InChI=1S/C20H32N6.ClH/c1-14(2)19(20-21-22-23-26(20)15(3)4)25-11-9-24(10-12-25)18-13-16(5)7-8-17(18)6;/h7-8,13-15,19H,9-12H2,1-6H3;1H. The lowest BCUT2D eigenvalue weighted by Crippen LogP contribution is -2.49. The van der Waals surface area contributed by atoms with Crippen LogP contribution in [0.2, 0.25) is 0 Å². The Balaban J connectivity index is 0.00000261. The molecule has 7 heteroatoms. The van der Waals surface area contributed by atoms with Crippen LogP contribution in [0, 0.1) is 19.8 Å². The van der Waals surface area contributed by atoms with Crippen LogP contribution in [0.1, 0.15) is 56.7 Å². The molecule has 0 saturated carbocycles. The largest absolute Gasteiger partial charge is 0.369 e. The van der Waals surface area contributed by atoms with E-state index in [0.29, 0.717) is 5.92 Å². The second-order valence-corrected chi connectivity index (χ2v) is 8.08. The molecule has 1 aliphatic heterocycles. The molecule has 1 aromatic carbocycles. The molecular weight excluding hydrogens is 360 g/mol. The van der Waals surface area contributed by atoms with E-state index in [4.69, 9.17) is 0 Å². The first-order valence-corrected chi connectivity index (χ1v) is 9.72. The monoisotopic (exact) mass is 392 g/mol. The summed E-state index contributed by atoms with van der Waals surface area (Å²) in [5.41, 5.74) is 4.05. The Bertz CT molecular complexity index is 734. The maximum absolute atomic E-state index is 4.38. The fraction of sp³-hybridized carbons (Fsp3) is 0.650. The van der Waals surface area contributed by atoms with Crippen LogP contribution in [0.3, 0.4) is 0 Å². The average Bonchev–Trinajstić information content (AvgIpc) is 3.07. The second kappa shape index (κ2) is 9.02. The molecule has 3 rings (SSSR count). The summed E-state index contributed by atoms with van der Waals surface area (Å²) < 4.78 is 1.97. The van der Waals surface area contributed by atoms with Gasteiger partial charge in [0.2, 0.25) is 0 Å². The smallest absolute Gasteiger partial charge is 0.168 e. The van der Waals surface area contributed by atoms with E-state index >= 15 is 0 Å². The van der Waals surface area contributed by atoms with E-state index in [1.807, 2.05) is 4.68 Å². The molecule has 6 nitrogen and oxygen atoms in total. The molecule has 1 aliphatic rings. The molecule has 27 heavy (non-hydrogen) atoms. The molecular formula is C20H33ClN6. The number of rotatable bonds is 5. The Hall–Kier alpha value is -1.66. The number of halogens is 1. The van der Waals surface area contributed by atoms with Gasteiger partial charge in [-0.1, -0.05) is 26.0 Å². The Labute approximate surface area is 169 Å². The SMILES string of the molecule is Cc1ccc(C)c(N2CCN(C(c3nnnn3C(C)C)C(C)C)CC2)c1.Cl. The zero-order valence-electron chi connectivity index (χ0n) is 17.4. The van der Waals surface area contributed by atoms with Gasteiger partial charge in [-0.2, -0.15) is 0 Å². The van der Waals surface area contributed by atoms with Crippen LogP contribution in [0.25, 0.3) is 0 Å². The van der Waals surface area contributed by atoms with Crippen LogP contribution in [-0.4, -0.2) is 51.3 Å². The number of benzene rings is 1. The minimum Gasteiger partial charge on any atom is -0.369 e. The number of hydrogen-bond acceptors (Lipinski definition) is 5. The van der Waals surface area contributed by atoms with Crippen LogP contribution in [0.4, 0.5) is 5.69 Å². The third-order valence-corrected chi connectivity index (χ3v) is 5.32. The van der Waals surface area contributed by atoms with Gasteiger partial charge in [-0.15, -0.1) is 17.5 Å². The molecule has 0 aliphatic carbocycles. The van der Waals surface area contributed by atoms with Crippen molar-refractivity contribution in [3.05, 3.63) is 35.2 Å². The highest BCUT2D eigenvalue weighted by atomic mass is 35.5. The van der Waals surface area contributed by atoms with E-state index in [1.165, 1.54) is 16.8 Å². The van der Waals surface area contributed by atoms with E-state index in [9.17, 15) is 0 Å². The number of nitrogens with zero attached hydrogens (tertiary/aromatic N) is 6. The highest BCUT2D eigenvalue weighted by Crippen LogP contribution is 2.30. The summed E-state index contributed by atoms with van der Waals surface area (Å²) in [5.74, 6) is 1.46. The Kier molecular flexibility index (Phi) is 7.23. The molecule has 150 valence electrons. The van der Waals surface area contributed by atoms with E-state index in [-0.39, 0.29) is 24.5 Å². The summed E-state index contributed by atoms with van der Waals surface area (Å²) in [6.07, 6.45) is 0. The maximum atomic E-state index is 4.38. The molecule has 0 spiro atoms. The van der Waals surface area contributed by atoms with Gasteiger partial charge in [-0.3, -0.25) is 4.90 Å². The summed E-state index contributed by atoms with van der Waals surface area (Å²) in [6, 6.07) is 7.26. The van der Waals surface area contributed by atoms with Crippen molar-refractivity contribution in [3.63, 3.8) is 0 Å². The van der Waals surface area contributed by atoms with Gasteiger partial charge in [0.15, 0.2) is 5.82 Å². The molecule has 1 unspecified atom stereocenters. The topological polar surface area (TPSA) is 50.1 Å². The molecule has 2 aromatic rings. The average molecular weight is 393 g/mol. The predicted octanol–water partition coefficient (Wildman–Crippen LogP) is 3.81. The second-order valence-electron chi connectivity index (χ2n) is 8.08. The lowest BCUT2D eigenvalue weighted by Gasteiger charge is -2.41. The van der Waals surface area contributed by atoms with Gasteiger partial charge in [-0.05, 0) is 61.2 Å². The molecule has 1 fully saturated rings. The fourth-order valence-corrected chi connectivity index (χ4v) is 3.95. The minimum absolute atomic E-state index is 0. The molecule has 0 N–H and O–H groups in total. The summed E-state index contributed by atoms with van der Waals surface area (Å²) in [4.78, 5) is 5.07. The van der Waals surface area contributed by atoms with Crippen molar-refractivity contribution >= 4 is 18.1 Å². The van der Waals surface area contributed by atoms with Gasteiger partial charge in [0.05, 0.1) is 12.1 Å². The Morgan fingerprint density at radius 1 is 0.963 bits per heavy atom. The van der Waals surface area contributed by atoms with Crippen LogP contribution in [0.5, 0.6) is 0 Å². The van der Waals surface area contributed by atoms with E-state index in [0.717, 1.165) is 32.0 Å². The minimum atomic E-state index is 0. The number of piperazine rings is 1. The van der Waals surface area contributed by atoms with E-state index in [1.54, 1.807) is 0 Å². The first kappa shape index (κ1) is 21.6. The zero-order valence-corrected chi connectivity index (χ0v) is 18.2. The summed E-state index contributed by atoms with van der Waals surface area (Å²) in [7, 11) is 0. The zero-order chi connectivity index (χ0) is 18.8. The first-order chi connectivity index (χ1) is 12.4. The lowest BCUT2D eigenvalue weighted by molar-refractivity contribution is 0.133. The lowest BCUT2D eigenvalue weighted by atomic mass is 10.00. The molecule has 1 aromatic heterocycles. The number of tetrazole rings is 1. The number of anilines is 1. The van der Waals surface area contributed by atoms with Crippen molar-refractivity contribution in [2.24, 2.45) is 5.92 Å². The van der Waals surface area contributed by atoms with Gasteiger partial charge in [0.1, 0.15) is 0 Å². The van der Waals surface area contributed by atoms with Crippen molar-refractivity contribution in [2.45, 2.75) is 53.6 Å².